The maximum atomic E-state index is 15.0. The first-order valence-corrected chi connectivity index (χ1v) is 29.1. The van der Waals surface area contributed by atoms with Gasteiger partial charge >= 0.3 is 11.9 Å². The van der Waals surface area contributed by atoms with Crippen molar-refractivity contribution in [2.45, 2.75) is 201 Å². The van der Waals surface area contributed by atoms with Gasteiger partial charge in [0.05, 0.1) is 38.2 Å². The van der Waals surface area contributed by atoms with Gasteiger partial charge in [-0.05, 0) is 100 Å². The molecular formula is C61H91N7O15. The number of carbonyl (C=O) groups excluding carboxylic acids is 10. The van der Waals surface area contributed by atoms with E-state index in [-0.39, 0.29) is 50.7 Å². The molecule has 2 aromatic rings. The Balaban J connectivity index is 1.80. The minimum atomic E-state index is -1.77. The number of Topliss-reactive ketones (excluding diaryl/α,β-unsaturated/α-hetero) is 1. The molecule has 2 saturated heterocycles. The minimum Gasteiger partial charge on any atom is -0.497 e. The van der Waals surface area contributed by atoms with Crippen molar-refractivity contribution < 1.29 is 72.0 Å². The predicted molar refractivity (Wildman–Crippen MR) is 307 cm³/mol. The summed E-state index contributed by atoms with van der Waals surface area (Å²) >= 11 is 0. The van der Waals surface area contributed by atoms with Gasteiger partial charge in [-0.1, -0.05) is 104 Å². The van der Waals surface area contributed by atoms with Crippen LogP contribution in [0.1, 0.15) is 133 Å². The number of aliphatic hydroxyl groups is 1. The van der Waals surface area contributed by atoms with E-state index in [9.17, 15) is 53.1 Å². The molecule has 13 atom stereocenters. The van der Waals surface area contributed by atoms with Gasteiger partial charge in [0, 0.05) is 20.0 Å². The molecule has 0 saturated carbocycles. The fourth-order valence-electron chi connectivity index (χ4n) is 10.1. The van der Waals surface area contributed by atoms with E-state index in [1.807, 2.05) is 58.0 Å². The molecule has 0 bridgehead atoms. The topological polar surface area (TPSA) is 294 Å². The second-order valence-electron chi connectivity index (χ2n) is 23.4. The lowest BCUT2D eigenvalue weighted by atomic mass is 9.91. The Bertz CT molecular complexity index is 2540. The number of aliphatic hydroxyl groups excluding tert-OH is 1. The standard InChI is InChI=1S/C61H91N7O15/c1-15-36(8)50-48(69)31-49(70)83-53(35(6)7)52(71)37(9)54(72)63-44(28-33(2)3)60(78)68-27-19-22-46(68)56(74)64-45(30-41-23-25-43(80-14)26-24-41)61(79)82-39(11)51(58(76)65-50)66-57(75)47(29-34(4)5)67(13)59(77)38(10)62-55(73)40(12)81-32-42-20-17-16-18-21-42/h16-18,20-21,23-26,33-40,44-48,50-51,53,69H,15,19,22,27-32H2,1-14H3,(H,62,73)(H,63,72)(H,64,74)(H,65,76)(H,66,75)/t36-,37-,38-,39+,40-,44-,45-,46-,47+,48-,50-,51-,53-/m0/s1. The first-order chi connectivity index (χ1) is 39.1. The van der Waals surface area contributed by atoms with E-state index in [1.165, 1.54) is 39.8 Å². The molecule has 22 heteroatoms. The number of fused-ring (bicyclic) bond motifs is 1. The van der Waals surface area contributed by atoms with Crippen LogP contribution in [-0.2, 0) is 75.2 Å². The lowest BCUT2D eigenvalue weighted by Gasteiger charge is -2.35. The van der Waals surface area contributed by atoms with E-state index >= 15 is 0 Å². The van der Waals surface area contributed by atoms with Crippen molar-refractivity contribution in [1.82, 2.24) is 36.4 Å². The zero-order chi connectivity index (χ0) is 62.0. The predicted octanol–water partition coefficient (Wildman–Crippen LogP) is 3.71. The number of ketones is 1. The van der Waals surface area contributed by atoms with Crippen LogP contribution in [0.15, 0.2) is 54.6 Å². The number of benzene rings is 2. The molecule has 6 N–H and O–H groups in total. The van der Waals surface area contributed by atoms with Gasteiger partial charge in [0.15, 0.2) is 11.9 Å². The number of methoxy groups -OCH3 is 1. The first kappa shape index (κ1) is 68.6. The van der Waals surface area contributed by atoms with Crippen molar-refractivity contribution in [3.63, 3.8) is 0 Å². The molecule has 2 aromatic carbocycles. The summed E-state index contributed by atoms with van der Waals surface area (Å²) in [6.07, 6.45) is -5.41. The number of esters is 2. The second kappa shape index (κ2) is 32.2. The number of amides is 7. The van der Waals surface area contributed by atoms with Crippen molar-refractivity contribution in [3.8, 4) is 5.75 Å². The Morgan fingerprint density at radius 1 is 0.795 bits per heavy atom. The number of likely N-dealkylation sites (N-methyl/N-ethyl adjacent to an activating group) is 1. The Labute approximate surface area is 488 Å². The zero-order valence-corrected chi connectivity index (χ0v) is 50.9. The van der Waals surface area contributed by atoms with Gasteiger partial charge in [0.2, 0.25) is 41.4 Å². The van der Waals surface area contributed by atoms with Gasteiger partial charge in [0.1, 0.15) is 54.2 Å². The van der Waals surface area contributed by atoms with Gasteiger partial charge < -0.3 is 60.4 Å². The highest BCUT2D eigenvalue weighted by Gasteiger charge is 2.44. The van der Waals surface area contributed by atoms with Gasteiger partial charge in [0.25, 0.3) is 0 Å². The Hall–Kier alpha value is -6.94. The molecule has 2 heterocycles. The van der Waals surface area contributed by atoms with Crippen LogP contribution >= 0.6 is 0 Å². The van der Waals surface area contributed by atoms with Crippen LogP contribution < -0.4 is 31.3 Å². The van der Waals surface area contributed by atoms with Crippen LogP contribution in [0, 0.1) is 29.6 Å². The van der Waals surface area contributed by atoms with Gasteiger partial charge in [-0.15, -0.1) is 0 Å². The Morgan fingerprint density at radius 3 is 2.02 bits per heavy atom. The van der Waals surface area contributed by atoms with E-state index in [0.717, 1.165) is 10.5 Å². The maximum absolute atomic E-state index is 15.0. The van der Waals surface area contributed by atoms with Crippen LogP contribution in [-0.4, -0.2) is 161 Å². The number of carbonyl (C=O) groups is 10. The number of hydrogen-bond acceptors (Lipinski definition) is 15. The third kappa shape index (κ3) is 19.9. The highest BCUT2D eigenvalue weighted by molar-refractivity contribution is 6.05. The highest BCUT2D eigenvalue weighted by Crippen LogP contribution is 2.25. The number of nitrogens with one attached hydrogen (secondary N) is 5. The largest absolute Gasteiger partial charge is 0.497 e. The monoisotopic (exact) mass is 1160 g/mol. The van der Waals surface area contributed by atoms with Crippen molar-refractivity contribution in [1.29, 1.82) is 0 Å². The van der Waals surface area contributed by atoms with E-state index in [4.69, 9.17) is 18.9 Å². The summed E-state index contributed by atoms with van der Waals surface area (Å²) in [7, 11) is 2.87. The third-order valence-electron chi connectivity index (χ3n) is 15.3. The SMILES string of the molecule is CC[C@H](C)[C@@H]1NC(=O)[C@@H](NC(=O)[C@@H](CC(C)C)N(C)C(=O)[C@H](C)NC(=O)[C@H](C)OCc2ccccc2)[C@@H](C)OC(=O)[C@H](Cc2ccc(OC)cc2)NC(=O)[C@@H]2CCCN2C(=O)[C@H](CC(C)C)NC(=O)[C@@H](C)C(=O)[C@H](C(C)C)OC(=O)C[C@@H]1O. The minimum absolute atomic E-state index is 0.0574. The molecule has 83 heavy (non-hydrogen) atoms. The number of ether oxygens (including phenoxy) is 4. The Kier molecular flexibility index (Phi) is 26.6. The molecule has 0 aliphatic carbocycles. The van der Waals surface area contributed by atoms with Crippen molar-refractivity contribution in [2.75, 3.05) is 20.7 Å². The molecular weight excluding hydrogens is 1070 g/mol. The average molecular weight is 1160 g/mol. The Morgan fingerprint density at radius 2 is 1.43 bits per heavy atom. The van der Waals surface area contributed by atoms with Crippen LogP contribution in [0.5, 0.6) is 5.75 Å². The summed E-state index contributed by atoms with van der Waals surface area (Å²) in [5.74, 6) is -10.5. The summed E-state index contributed by atoms with van der Waals surface area (Å²) in [6, 6.07) is 6.69. The lowest BCUT2D eigenvalue weighted by Crippen LogP contribution is -2.62. The van der Waals surface area contributed by atoms with Crippen LogP contribution in [0.3, 0.4) is 0 Å². The molecule has 0 spiro atoms. The summed E-state index contributed by atoms with van der Waals surface area (Å²) in [5.41, 5.74) is 1.39. The maximum Gasteiger partial charge on any atom is 0.329 e. The second-order valence-corrected chi connectivity index (χ2v) is 23.4. The normalized spacial score (nSPS) is 25.2. The average Bonchev–Trinajstić information content (AvgIpc) is 4.04. The molecule has 460 valence electrons. The molecule has 0 unspecified atom stereocenters. The first-order valence-electron chi connectivity index (χ1n) is 29.1. The molecule has 2 aliphatic heterocycles. The van der Waals surface area contributed by atoms with E-state index < -0.39 is 150 Å². The van der Waals surface area contributed by atoms with Crippen LogP contribution in [0.4, 0.5) is 0 Å². The van der Waals surface area contributed by atoms with Crippen LogP contribution in [0.2, 0.25) is 0 Å². The van der Waals surface area contributed by atoms with Gasteiger partial charge in [-0.25, -0.2) is 4.79 Å². The number of hydrogen-bond donors (Lipinski definition) is 6. The van der Waals surface area contributed by atoms with E-state index in [1.54, 1.807) is 58.9 Å². The quantitative estimate of drug-likeness (QED) is 0.0864. The third-order valence-corrected chi connectivity index (χ3v) is 15.3. The fraction of sp³-hybridized carbons (Fsp3) is 0.639. The fourth-order valence-corrected chi connectivity index (χ4v) is 10.1. The molecule has 7 amide bonds. The number of nitrogens with zero attached hydrogens (tertiary/aromatic N) is 2. The smallest absolute Gasteiger partial charge is 0.329 e. The molecule has 0 radical (unpaired) electrons. The zero-order valence-electron chi connectivity index (χ0n) is 50.9. The summed E-state index contributed by atoms with van der Waals surface area (Å²) in [5, 5.41) is 25.5. The van der Waals surface area contributed by atoms with E-state index in [2.05, 4.69) is 26.6 Å². The number of rotatable bonds is 19. The van der Waals surface area contributed by atoms with Crippen molar-refractivity contribution in [2.24, 2.45) is 29.6 Å². The van der Waals surface area contributed by atoms with Gasteiger partial charge in [-0.2, -0.15) is 0 Å². The molecule has 4 rings (SSSR count). The molecule has 22 nitrogen and oxygen atoms in total. The van der Waals surface area contributed by atoms with Crippen LogP contribution in [0.25, 0.3) is 0 Å². The van der Waals surface area contributed by atoms with E-state index in [0.29, 0.717) is 24.2 Å². The lowest BCUT2D eigenvalue weighted by molar-refractivity contribution is -0.162. The summed E-state index contributed by atoms with van der Waals surface area (Å²) in [6.45, 7) is 20.0. The number of cyclic esters (lactones) is 2. The molecule has 2 aliphatic rings. The summed E-state index contributed by atoms with van der Waals surface area (Å²) < 4.78 is 22.9. The molecule has 0 aromatic heterocycles. The molecule has 2 fully saturated rings. The van der Waals surface area contributed by atoms with Crippen molar-refractivity contribution in [3.05, 3.63) is 65.7 Å². The van der Waals surface area contributed by atoms with Crippen molar-refractivity contribution >= 4 is 59.1 Å². The highest BCUT2D eigenvalue weighted by atomic mass is 16.6. The summed E-state index contributed by atoms with van der Waals surface area (Å²) in [4.78, 5) is 146. The van der Waals surface area contributed by atoms with Gasteiger partial charge in [-0.3, -0.25) is 43.2 Å².